The topological polar surface area (TPSA) is 43.9 Å². The highest BCUT2D eigenvalue weighted by Gasteiger charge is 2.36. The van der Waals surface area contributed by atoms with Gasteiger partial charge in [0.25, 0.3) is 11.8 Å². The molecule has 5 nitrogen and oxygen atoms in total. The lowest BCUT2D eigenvalue weighted by Gasteiger charge is -2.48. The van der Waals surface area contributed by atoms with Gasteiger partial charge in [-0.05, 0) is 47.5 Å². The minimum absolute atomic E-state index is 0.0893. The number of nitrogens with zero attached hydrogens (tertiary/aromatic N) is 3. The van der Waals surface area contributed by atoms with E-state index >= 15 is 0 Å². The Labute approximate surface area is 202 Å². The first-order valence-electron chi connectivity index (χ1n) is 11.3. The molecule has 2 saturated heterocycles. The predicted molar refractivity (Wildman–Crippen MR) is 133 cm³/mol. The third-order valence-corrected chi connectivity index (χ3v) is 7.13. The number of benzene rings is 3. The maximum atomic E-state index is 12.9. The molecule has 5 rings (SSSR count). The van der Waals surface area contributed by atoms with Crippen molar-refractivity contribution < 1.29 is 9.59 Å². The van der Waals surface area contributed by atoms with Gasteiger partial charge in [-0.1, -0.05) is 58.4 Å². The zero-order valence-electron chi connectivity index (χ0n) is 18.4. The molecule has 3 aromatic carbocycles. The van der Waals surface area contributed by atoms with Crippen molar-refractivity contribution >= 4 is 27.7 Å². The summed E-state index contributed by atoms with van der Waals surface area (Å²) in [7, 11) is 0. The monoisotopic (exact) mass is 503 g/mol. The number of hydrogen-bond acceptors (Lipinski definition) is 3. The molecule has 0 saturated carbocycles. The van der Waals surface area contributed by atoms with Crippen LogP contribution in [0, 0.1) is 0 Å². The number of rotatable bonds is 4. The van der Waals surface area contributed by atoms with Crippen molar-refractivity contribution in [2.24, 2.45) is 0 Å². The maximum absolute atomic E-state index is 12.9. The van der Waals surface area contributed by atoms with Gasteiger partial charge >= 0.3 is 0 Å². The molecule has 0 unspecified atom stereocenters. The fraction of sp³-hybridized carbons (Fsp3) is 0.259. The highest BCUT2D eigenvalue weighted by atomic mass is 79.9. The summed E-state index contributed by atoms with van der Waals surface area (Å²) in [5.41, 5.74) is 3.71. The number of amides is 2. The molecule has 2 heterocycles. The predicted octanol–water partition coefficient (Wildman–Crippen LogP) is 4.40. The molecule has 0 spiro atoms. The van der Waals surface area contributed by atoms with Crippen LogP contribution in [0.25, 0.3) is 11.1 Å². The molecule has 2 fully saturated rings. The van der Waals surface area contributed by atoms with E-state index in [1.807, 2.05) is 76.5 Å². The van der Waals surface area contributed by atoms with Crippen LogP contribution in [0.3, 0.4) is 0 Å². The van der Waals surface area contributed by atoms with Crippen molar-refractivity contribution in [2.75, 3.05) is 39.3 Å². The average molecular weight is 504 g/mol. The molecule has 2 aliphatic heterocycles. The standard InChI is InChI=1S/C27H26BrN3O2/c28-24-12-10-21(11-13-24)20-6-8-23(9-7-20)27(33)31-18-25(19-31)29-14-16-30(17-15-29)26(32)22-4-2-1-3-5-22/h1-13,25H,14-19H2. The smallest absolute Gasteiger partial charge is 0.253 e. The number of carbonyl (C=O) groups excluding carboxylic acids is 2. The largest absolute Gasteiger partial charge is 0.336 e. The van der Waals surface area contributed by atoms with Crippen LogP contribution in [-0.4, -0.2) is 71.8 Å². The molecule has 0 N–H and O–H groups in total. The Kier molecular flexibility index (Phi) is 6.29. The minimum Gasteiger partial charge on any atom is -0.336 e. The first-order valence-corrected chi connectivity index (χ1v) is 12.1. The zero-order valence-corrected chi connectivity index (χ0v) is 19.9. The summed E-state index contributed by atoms with van der Waals surface area (Å²) in [6.45, 7) is 4.67. The molecule has 0 radical (unpaired) electrons. The Morgan fingerprint density at radius 1 is 0.636 bits per heavy atom. The van der Waals surface area contributed by atoms with Crippen LogP contribution in [-0.2, 0) is 0 Å². The third-order valence-electron chi connectivity index (χ3n) is 6.60. The summed E-state index contributed by atoms with van der Waals surface area (Å²) >= 11 is 3.46. The van der Waals surface area contributed by atoms with Crippen molar-refractivity contribution in [3.05, 3.63) is 94.5 Å². The normalized spacial score (nSPS) is 17.0. The second-order valence-electron chi connectivity index (χ2n) is 8.64. The van der Waals surface area contributed by atoms with Gasteiger partial charge < -0.3 is 9.80 Å². The van der Waals surface area contributed by atoms with Gasteiger partial charge in [0.15, 0.2) is 0 Å². The van der Waals surface area contributed by atoms with Gasteiger partial charge in [-0.3, -0.25) is 14.5 Å². The number of piperazine rings is 1. The average Bonchev–Trinajstić information content (AvgIpc) is 2.84. The maximum Gasteiger partial charge on any atom is 0.253 e. The summed E-state index contributed by atoms with van der Waals surface area (Å²) < 4.78 is 1.05. The van der Waals surface area contributed by atoms with Crippen LogP contribution in [0.1, 0.15) is 20.7 Å². The van der Waals surface area contributed by atoms with Crippen LogP contribution in [0.15, 0.2) is 83.3 Å². The van der Waals surface area contributed by atoms with Gasteiger partial charge in [-0.15, -0.1) is 0 Å². The Morgan fingerprint density at radius 3 is 1.76 bits per heavy atom. The number of halogens is 1. The van der Waals surface area contributed by atoms with E-state index in [2.05, 4.69) is 33.0 Å². The molecule has 6 heteroatoms. The van der Waals surface area contributed by atoms with E-state index in [9.17, 15) is 9.59 Å². The first kappa shape index (κ1) is 21.9. The Balaban J connectivity index is 1.12. The van der Waals surface area contributed by atoms with Crippen LogP contribution in [0.2, 0.25) is 0 Å². The van der Waals surface area contributed by atoms with Crippen LogP contribution >= 0.6 is 15.9 Å². The number of hydrogen-bond donors (Lipinski definition) is 0. The van der Waals surface area contributed by atoms with Crippen LogP contribution < -0.4 is 0 Å². The summed E-state index contributed by atoms with van der Waals surface area (Å²) in [4.78, 5) is 31.8. The van der Waals surface area contributed by atoms with E-state index < -0.39 is 0 Å². The molecule has 0 atom stereocenters. The number of likely N-dealkylation sites (tertiary alicyclic amines) is 1. The first-order chi connectivity index (χ1) is 16.1. The van der Waals surface area contributed by atoms with Crippen molar-refractivity contribution in [1.82, 2.24) is 14.7 Å². The van der Waals surface area contributed by atoms with E-state index in [4.69, 9.17) is 0 Å². The quantitative estimate of drug-likeness (QED) is 0.529. The highest BCUT2D eigenvalue weighted by molar-refractivity contribution is 9.10. The molecule has 0 bridgehead atoms. The molecule has 0 aliphatic carbocycles. The molecule has 0 aromatic heterocycles. The zero-order chi connectivity index (χ0) is 22.8. The van der Waals surface area contributed by atoms with Crippen molar-refractivity contribution in [1.29, 1.82) is 0 Å². The van der Waals surface area contributed by atoms with E-state index in [0.717, 1.165) is 66.0 Å². The van der Waals surface area contributed by atoms with Gasteiger partial charge in [0.05, 0.1) is 0 Å². The highest BCUT2D eigenvalue weighted by Crippen LogP contribution is 2.24. The van der Waals surface area contributed by atoms with E-state index in [1.165, 1.54) is 0 Å². The fourth-order valence-corrected chi connectivity index (χ4v) is 4.80. The minimum atomic E-state index is 0.0893. The van der Waals surface area contributed by atoms with Gasteiger partial charge in [0.1, 0.15) is 0 Å². The van der Waals surface area contributed by atoms with Crippen LogP contribution in [0.5, 0.6) is 0 Å². The lowest BCUT2D eigenvalue weighted by molar-refractivity contribution is 0.00854. The summed E-state index contributed by atoms with van der Waals surface area (Å²) in [5, 5.41) is 0. The van der Waals surface area contributed by atoms with Crippen LogP contribution in [0.4, 0.5) is 0 Å². The van der Waals surface area contributed by atoms with Gasteiger partial charge in [0, 0.05) is 60.9 Å². The Bertz CT molecular complexity index is 1120. The van der Waals surface area contributed by atoms with Gasteiger partial charge in [-0.2, -0.15) is 0 Å². The molecule has 3 aromatic rings. The van der Waals surface area contributed by atoms with E-state index in [-0.39, 0.29) is 11.8 Å². The molecule has 2 amide bonds. The van der Waals surface area contributed by atoms with Gasteiger partial charge in [-0.25, -0.2) is 0 Å². The lowest BCUT2D eigenvalue weighted by Crippen LogP contribution is -2.64. The second-order valence-corrected chi connectivity index (χ2v) is 9.56. The van der Waals surface area contributed by atoms with Gasteiger partial charge in [0.2, 0.25) is 0 Å². The molecule has 33 heavy (non-hydrogen) atoms. The second kappa shape index (κ2) is 9.49. The molecule has 168 valence electrons. The lowest BCUT2D eigenvalue weighted by atomic mass is 10.0. The van der Waals surface area contributed by atoms with E-state index in [1.54, 1.807) is 0 Å². The Hall–Kier alpha value is -2.96. The molecular formula is C27H26BrN3O2. The SMILES string of the molecule is O=C(c1ccccc1)N1CCN(C2CN(C(=O)c3ccc(-c4ccc(Br)cc4)cc3)C2)CC1. The summed E-state index contributed by atoms with van der Waals surface area (Å²) in [5.74, 6) is 0.193. The van der Waals surface area contributed by atoms with Crippen molar-refractivity contribution in [2.45, 2.75) is 6.04 Å². The summed E-state index contributed by atoms with van der Waals surface area (Å²) in [6.07, 6.45) is 0. The molecule has 2 aliphatic rings. The van der Waals surface area contributed by atoms with E-state index in [0.29, 0.717) is 6.04 Å². The van der Waals surface area contributed by atoms with Crippen molar-refractivity contribution in [3.63, 3.8) is 0 Å². The fourth-order valence-electron chi connectivity index (χ4n) is 4.54. The van der Waals surface area contributed by atoms with Crippen molar-refractivity contribution in [3.8, 4) is 11.1 Å². The number of carbonyl (C=O) groups is 2. The summed E-state index contributed by atoms with van der Waals surface area (Å²) in [6, 6.07) is 25.9. The Morgan fingerprint density at radius 2 is 1.15 bits per heavy atom. The third kappa shape index (κ3) is 4.72. The molecular weight excluding hydrogens is 478 g/mol.